The van der Waals surface area contributed by atoms with E-state index in [0.29, 0.717) is 38.4 Å². The van der Waals surface area contributed by atoms with Crippen LogP contribution in [0.4, 0.5) is 0 Å². The van der Waals surface area contributed by atoms with Crippen molar-refractivity contribution in [3.63, 3.8) is 0 Å². The van der Waals surface area contributed by atoms with Crippen LogP contribution in [0.25, 0.3) is 0 Å². The Morgan fingerprint density at radius 2 is 2.05 bits per heavy atom. The maximum atomic E-state index is 12.3. The topological polar surface area (TPSA) is 69.3 Å². The van der Waals surface area contributed by atoms with Gasteiger partial charge in [0, 0.05) is 38.6 Å². The monoisotopic (exact) mass is 318 g/mol. The summed E-state index contributed by atoms with van der Waals surface area (Å²) in [4.78, 5) is 35.1. The Hall–Kier alpha value is -2.15. The molecule has 0 unspecified atom stereocenters. The molecule has 0 aliphatic carbocycles. The van der Waals surface area contributed by atoms with Crippen molar-refractivity contribution in [2.24, 2.45) is 0 Å². The zero-order chi connectivity index (χ0) is 15.4. The minimum atomic E-state index is -0.0999. The summed E-state index contributed by atoms with van der Waals surface area (Å²) in [6.45, 7) is 2.48. The van der Waals surface area contributed by atoms with Crippen LogP contribution in [-0.4, -0.2) is 57.8 Å². The van der Waals surface area contributed by atoms with Crippen LogP contribution in [0.15, 0.2) is 29.2 Å². The van der Waals surface area contributed by atoms with Crippen LogP contribution in [0.2, 0.25) is 0 Å². The summed E-state index contributed by atoms with van der Waals surface area (Å²) in [7, 11) is 0. The second-order valence-corrected chi connectivity index (χ2v) is 6.05. The van der Waals surface area contributed by atoms with E-state index < -0.39 is 0 Å². The maximum absolute atomic E-state index is 12.3. The molecular formula is C15H18N4O2S. The molecular weight excluding hydrogens is 300 g/mol. The summed E-state index contributed by atoms with van der Waals surface area (Å²) < 4.78 is 0. The Morgan fingerprint density at radius 3 is 2.77 bits per heavy atom. The van der Waals surface area contributed by atoms with Gasteiger partial charge in [0.15, 0.2) is 5.82 Å². The molecule has 0 spiro atoms. The lowest BCUT2D eigenvalue weighted by molar-refractivity contribution is -0.130. The number of hydrogen-bond acceptors (Lipinski definition) is 4. The van der Waals surface area contributed by atoms with E-state index in [1.54, 1.807) is 28.6 Å². The molecule has 0 bridgehead atoms. The van der Waals surface area contributed by atoms with Gasteiger partial charge >= 0.3 is 0 Å². The van der Waals surface area contributed by atoms with Gasteiger partial charge in [-0.1, -0.05) is 0 Å². The third kappa shape index (κ3) is 3.36. The molecule has 2 aromatic heterocycles. The van der Waals surface area contributed by atoms with Gasteiger partial charge in [-0.2, -0.15) is 11.3 Å². The highest BCUT2D eigenvalue weighted by atomic mass is 32.1. The fraction of sp³-hybridized carbons (Fsp3) is 0.400. The molecule has 116 valence electrons. The average molecular weight is 318 g/mol. The molecule has 22 heavy (non-hydrogen) atoms. The van der Waals surface area contributed by atoms with Gasteiger partial charge in [-0.25, -0.2) is 4.98 Å². The molecule has 0 saturated carbocycles. The van der Waals surface area contributed by atoms with Crippen LogP contribution in [-0.2, 0) is 11.2 Å². The van der Waals surface area contributed by atoms with E-state index in [-0.39, 0.29) is 11.8 Å². The number of thiophene rings is 1. The number of rotatable bonds is 3. The van der Waals surface area contributed by atoms with E-state index in [9.17, 15) is 9.59 Å². The molecule has 3 heterocycles. The van der Waals surface area contributed by atoms with Crippen LogP contribution in [0.1, 0.15) is 22.6 Å². The van der Waals surface area contributed by atoms with E-state index in [0.717, 1.165) is 12.0 Å². The molecule has 0 aromatic carbocycles. The molecule has 0 radical (unpaired) electrons. The molecule has 0 atom stereocenters. The number of carbonyl (C=O) groups is 2. The second kappa shape index (κ2) is 6.74. The van der Waals surface area contributed by atoms with Crippen LogP contribution >= 0.6 is 11.3 Å². The third-order valence-electron chi connectivity index (χ3n) is 3.77. The predicted molar refractivity (Wildman–Crippen MR) is 83.7 cm³/mol. The lowest BCUT2D eigenvalue weighted by atomic mass is 10.2. The number of nitrogens with zero attached hydrogens (tertiary/aromatic N) is 3. The standard InChI is InChI=1S/C15H18N4O2S/c20-13(10-12-2-9-22-11-12)18-5-1-6-19(8-7-18)15(21)14-16-3-4-17-14/h2-4,9,11H,1,5-8,10H2,(H,16,17). The van der Waals surface area contributed by atoms with E-state index >= 15 is 0 Å². The van der Waals surface area contributed by atoms with Gasteiger partial charge in [0.05, 0.1) is 6.42 Å². The Bertz CT molecular complexity index is 624. The molecule has 2 amide bonds. The van der Waals surface area contributed by atoms with E-state index in [4.69, 9.17) is 0 Å². The number of imidazole rings is 1. The molecule has 6 nitrogen and oxygen atoms in total. The highest BCUT2D eigenvalue weighted by molar-refractivity contribution is 7.07. The van der Waals surface area contributed by atoms with Gasteiger partial charge in [0.1, 0.15) is 0 Å². The number of carbonyl (C=O) groups excluding carboxylic acids is 2. The predicted octanol–water partition coefficient (Wildman–Crippen LogP) is 1.39. The summed E-state index contributed by atoms with van der Waals surface area (Å²) in [6, 6.07) is 1.98. The number of nitrogens with one attached hydrogen (secondary N) is 1. The van der Waals surface area contributed by atoms with Crippen LogP contribution in [0.3, 0.4) is 0 Å². The SMILES string of the molecule is O=C(Cc1ccsc1)N1CCCN(C(=O)c2ncc[nH]2)CC1. The second-order valence-electron chi connectivity index (χ2n) is 5.27. The van der Waals surface area contributed by atoms with Crippen LogP contribution in [0.5, 0.6) is 0 Å². The van der Waals surface area contributed by atoms with Gasteiger partial charge in [-0.3, -0.25) is 9.59 Å². The van der Waals surface area contributed by atoms with Crippen molar-refractivity contribution >= 4 is 23.2 Å². The number of amides is 2. The quantitative estimate of drug-likeness (QED) is 0.930. The number of H-pyrrole nitrogens is 1. The highest BCUT2D eigenvalue weighted by Gasteiger charge is 2.23. The first kappa shape index (κ1) is 14.8. The first-order valence-corrected chi connectivity index (χ1v) is 8.26. The first-order chi connectivity index (χ1) is 10.7. The summed E-state index contributed by atoms with van der Waals surface area (Å²) in [5.41, 5.74) is 1.06. The molecule has 7 heteroatoms. The Labute approximate surface area is 132 Å². The fourth-order valence-electron chi connectivity index (χ4n) is 2.58. The van der Waals surface area contributed by atoms with Gasteiger partial charge in [0.25, 0.3) is 5.91 Å². The Balaban J connectivity index is 1.57. The zero-order valence-electron chi connectivity index (χ0n) is 12.2. The van der Waals surface area contributed by atoms with Crippen LogP contribution in [0, 0.1) is 0 Å². The van der Waals surface area contributed by atoms with Crippen molar-refractivity contribution < 1.29 is 9.59 Å². The fourth-order valence-corrected chi connectivity index (χ4v) is 3.25. The molecule has 1 aliphatic heterocycles. The smallest absolute Gasteiger partial charge is 0.289 e. The average Bonchev–Trinajstić information content (AvgIpc) is 3.16. The Morgan fingerprint density at radius 1 is 1.23 bits per heavy atom. The molecule has 1 saturated heterocycles. The molecule has 3 rings (SSSR count). The van der Waals surface area contributed by atoms with Crippen LogP contribution < -0.4 is 0 Å². The van der Waals surface area contributed by atoms with Crippen molar-refractivity contribution in [1.82, 2.24) is 19.8 Å². The highest BCUT2D eigenvalue weighted by Crippen LogP contribution is 2.11. The molecule has 2 aromatic rings. The van der Waals surface area contributed by atoms with Gasteiger partial charge in [-0.15, -0.1) is 0 Å². The molecule has 1 fully saturated rings. The first-order valence-electron chi connectivity index (χ1n) is 7.31. The normalized spacial score (nSPS) is 15.6. The largest absolute Gasteiger partial charge is 0.341 e. The van der Waals surface area contributed by atoms with Gasteiger partial charge < -0.3 is 14.8 Å². The number of hydrogen-bond donors (Lipinski definition) is 1. The number of aromatic nitrogens is 2. The maximum Gasteiger partial charge on any atom is 0.289 e. The van der Waals surface area contributed by atoms with E-state index in [2.05, 4.69) is 9.97 Å². The van der Waals surface area contributed by atoms with E-state index in [1.807, 2.05) is 21.7 Å². The number of aromatic amines is 1. The Kier molecular flexibility index (Phi) is 4.53. The van der Waals surface area contributed by atoms with E-state index in [1.165, 1.54) is 0 Å². The van der Waals surface area contributed by atoms with Gasteiger partial charge in [-0.05, 0) is 28.8 Å². The molecule has 1 aliphatic rings. The summed E-state index contributed by atoms with van der Waals surface area (Å²) >= 11 is 1.60. The third-order valence-corrected chi connectivity index (χ3v) is 4.50. The minimum Gasteiger partial charge on any atom is -0.341 e. The lowest BCUT2D eigenvalue weighted by Gasteiger charge is -2.21. The summed E-state index contributed by atoms with van der Waals surface area (Å²) in [5, 5.41) is 3.98. The van der Waals surface area contributed by atoms with Crippen molar-refractivity contribution in [1.29, 1.82) is 0 Å². The van der Waals surface area contributed by atoms with Crippen molar-refractivity contribution in [2.45, 2.75) is 12.8 Å². The molecule has 1 N–H and O–H groups in total. The van der Waals surface area contributed by atoms with Crippen molar-refractivity contribution in [3.05, 3.63) is 40.6 Å². The lowest BCUT2D eigenvalue weighted by Crippen LogP contribution is -2.38. The minimum absolute atomic E-state index is 0.0999. The summed E-state index contributed by atoms with van der Waals surface area (Å²) in [6.07, 6.45) is 4.45. The van der Waals surface area contributed by atoms with Crippen molar-refractivity contribution in [2.75, 3.05) is 26.2 Å². The van der Waals surface area contributed by atoms with Crippen molar-refractivity contribution in [3.8, 4) is 0 Å². The zero-order valence-corrected chi connectivity index (χ0v) is 13.0. The summed E-state index contributed by atoms with van der Waals surface area (Å²) in [5.74, 6) is 0.390. The van der Waals surface area contributed by atoms with Gasteiger partial charge in [0.2, 0.25) is 5.91 Å².